The largest absolute Gasteiger partial charge is 1.00 e. The van der Waals surface area contributed by atoms with Crippen molar-refractivity contribution in [2.24, 2.45) is 0 Å². The molecule has 0 amide bonds. The number of hydrogen-bond donors (Lipinski definition) is 1. The quantitative estimate of drug-likeness (QED) is 0.413. The molecule has 0 aliphatic rings. The standard InChI is InChI=1S/C6H6O.5ClH.W/c7-6-4-2-1-3-5-6;;;;;;/h1-5,7H;5*1H;/p-5. The molecule has 0 aromatic heterocycles. The van der Waals surface area contributed by atoms with Crippen molar-refractivity contribution in [2.45, 2.75) is 0 Å². The Labute approximate surface area is 123 Å². The van der Waals surface area contributed by atoms with Gasteiger partial charge in [-0.25, -0.2) is 0 Å². The number of halogens is 5. The number of rotatable bonds is 0. The van der Waals surface area contributed by atoms with Crippen LogP contribution in [-0.4, -0.2) is 5.11 Å². The number of phenolic OH excluding ortho intramolecular Hbond substituents is 1. The smallest absolute Gasteiger partial charge is 0.115 e. The van der Waals surface area contributed by atoms with E-state index < -0.39 is 0 Å². The summed E-state index contributed by atoms with van der Waals surface area (Å²) in [5.41, 5.74) is 0. The van der Waals surface area contributed by atoms with Gasteiger partial charge < -0.3 is 67.1 Å². The van der Waals surface area contributed by atoms with Gasteiger partial charge in [-0.3, -0.25) is 0 Å². The summed E-state index contributed by atoms with van der Waals surface area (Å²) < 4.78 is 0. The monoisotopic (exact) mass is 453 g/mol. The SMILES string of the molecule is Oc1ccccc1.[Cl-].[Cl-].[Cl-].[Cl-].[Cl-].[W]. The first-order valence-electron chi connectivity index (χ1n) is 2.13. The van der Waals surface area contributed by atoms with Gasteiger partial charge in [0.2, 0.25) is 0 Å². The molecule has 0 unspecified atom stereocenters. The molecular weight excluding hydrogens is 449 g/mol. The van der Waals surface area contributed by atoms with Crippen molar-refractivity contribution in [1.29, 1.82) is 0 Å². The van der Waals surface area contributed by atoms with Gasteiger partial charge in [0.05, 0.1) is 0 Å². The second kappa shape index (κ2) is 23.2. The molecule has 0 atom stereocenters. The summed E-state index contributed by atoms with van der Waals surface area (Å²) in [4.78, 5) is 0. The van der Waals surface area contributed by atoms with Crippen molar-refractivity contribution in [3.63, 3.8) is 0 Å². The zero-order chi connectivity index (χ0) is 5.11. The number of aromatic hydroxyl groups is 1. The van der Waals surface area contributed by atoms with Crippen LogP contribution in [0.2, 0.25) is 0 Å². The summed E-state index contributed by atoms with van der Waals surface area (Å²) in [6.07, 6.45) is 0. The molecule has 0 aliphatic carbocycles. The van der Waals surface area contributed by atoms with Gasteiger partial charge >= 0.3 is 0 Å². The van der Waals surface area contributed by atoms with Crippen LogP contribution in [0.25, 0.3) is 0 Å². The van der Waals surface area contributed by atoms with Gasteiger partial charge in [0.15, 0.2) is 0 Å². The molecule has 0 saturated heterocycles. The molecule has 1 rings (SSSR count). The summed E-state index contributed by atoms with van der Waals surface area (Å²) in [5.74, 6) is 0.322. The second-order valence-corrected chi connectivity index (χ2v) is 1.34. The van der Waals surface area contributed by atoms with E-state index in [0.29, 0.717) is 5.75 Å². The average Bonchev–Trinajstić information content (AvgIpc) is 1.69. The van der Waals surface area contributed by atoms with Gasteiger partial charge in [0.25, 0.3) is 0 Å². The van der Waals surface area contributed by atoms with Crippen molar-refractivity contribution >= 4 is 0 Å². The Balaban J connectivity index is -0.0000000204. The van der Waals surface area contributed by atoms with Crippen molar-refractivity contribution in [1.82, 2.24) is 0 Å². The van der Waals surface area contributed by atoms with E-state index in [-0.39, 0.29) is 83.1 Å². The van der Waals surface area contributed by atoms with Gasteiger partial charge in [0.1, 0.15) is 5.75 Å². The van der Waals surface area contributed by atoms with Gasteiger partial charge in [-0.2, -0.15) is 0 Å². The topological polar surface area (TPSA) is 20.2 Å². The summed E-state index contributed by atoms with van der Waals surface area (Å²) >= 11 is 0. The maximum Gasteiger partial charge on any atom is 0.115 e. The molecule has 1 aromatic rings. The zero-order valence-electron chi connectivity index (χ0n) is 6.13. The third-order valence-electron chi connectivity index (χ3n) is 0.756. The van der Waals surface area contributed by atoms with Crippen LogP contribution in [0.1, 0.15) is 0 Å². The van der Waals surface area contributed by atoms with Crippen molar-refractivity contribution in [3.05, 3.63) is 30.3 Å². The molecule has 13 heavy (non-hydrogen) atoms. The summed E-state index contributed by atoms with van der Waals surface area (Å²) in [5, 5.41) is 8.63. The zero-order valence-corrected chi connectivity index (χ0v) is 12.8. The van der Waals surface area contributed by atoms with Crippen molar-refractivity contribution < 1.29 is 88.2 Å². The van der Waals surface area contributed by atoms with Crippen LogP contribution in [0.3, 0.4) is 0 Å². The molecule has 0 bridgehead atoms. The fourth-order valence-corrected chi connectivity index (χ4v) is 0.428. The molecule has 1 N–H and O–H groups in total. The third kappa shape index (κ3) is 19.5. The van der Waals surface area contributed by atoms with Gasteiger partial charge in [-0.15, -0.1) is 0 Å². The summed E-state index contributed by atoms with van der Waals surface area (Å²) in [6.45, 7) is 0. The molecule has 7 heteroatoms. The molecule has 0 radical (unpaired) electrons. The van der Waals surface area contributed by atoms with Gasteiger partial charge in [-0.1, -0.05) is 18.2 Å². The first-order chi connectivity index (χ1) is 3.39. The van der Waals surface area contributed by atoms with Gasteiger partial charge in [-0.05, 0) is 12.1 Å². The van der Waals surface area contributed by atoms with E-state index in [2.05, 4.69) is 0 Å². The first-order valence-corrected chi connectivity index (χ1v) is 2.13. The molecule has 82 valence electrons. The fraction of sp³-hybridized carbons (Fsp3) is 0. The predicted octanol–water partition coefficient (Wildman–Crippen LogP) is -13.6. The van der Waals surface area contributed by atoms with Crippen LogP contribution in [-0.2, 0) is 21.1 Å². The van der Waals surface area contributed by atoms with E-state index >= 15 is 0 Å². The van der Waals surface area contributed by atoms with Crippen LogP contribution in [0, 0.1) is 0 Å². The molecule has 1 nitrogen and oxygen atoms in total. The maximum atomic E-state index is 8.63. The predicted molar refractivity (Wildman–Crippen MR) is 28.1 cm³/mol. The van der Waals surface area contributed by atoms with E-state index in [0.717, 1.165) is 0 Å². The fourth-order valence-electron chi connectivity index (χ4n) is 0.428. The Hall–Kier alpha value is 1.16. The minimum absolute atomic E-state index is 0. The normalized spacial score (nSPS) is 4.62. The average molecular weight is 455 g/mol. The molecule has 0 heterocycles. The first kappa shape index (κ1) is 36.8. The minimum Gasteiger partial charge on any atom is -1.00 e. The molecule has 1 aromatic carbocycles. The Morgan fingerprint density at radius 2 is 1.00 bits per heavy atom. The number of para-hydroxylation sites is 1. The van der Waals surface area contributed by atoms with E-state index in [4.69, 9.17) is 5.11 Å². The van der Waals surface area contributed by atoms with Gasteiger partial charge in [0, 0.05) is 21.1 Å². The number of phenols is 1. The summed E-state index contributed by atoms with van der Waals surface area (Å²) in [7, 11) is 0. The van der Waals surface area contributed by atoms with Crippen molar-refractivity contribution in [2.75, 3.05) is 0 Å². The Kier molecular flexibility index (Phi) is 65.7. The minimum atomic E-state index is 0. The Bertz CT molecular complexity index is 151. The van der Waals surface area contributed by atoms with E-state index in [1.54, 1.807) is 24.3 Å². The van der Waals surface area contributed by atoms with Crippen LogP contribution in [0.15, 0.2) is 30.3 Å². The van der Waals surface area contributed by atoms with Crippen LogP contribution < -0.4 is 62.0 Å². The molecule has 0 fully saturated rings. The maximum absolute atomic E-state index is 8.63. The molecule has 0 spiro atoms. The Morgan fingerprint density at radius 1 is 0.692 bits per heavy atom. The third-order valence-corrected chi connectivity index (χ3v) is 0.756. The number of hydrogen-bond acceptors (Lipinski definition) is 1. The van der Waals surface area contributed by atoms with Crippen molar-refractivity contribution in [3.8, 4) is 5.75 Å². The van der Waals surface area contributed by atoms with Crippen LogP contribution in [0.5, 0.6) is 5.75 Å². The second-order valence-electron chi connectivity index (χ2n) is 1.34. The Morgan fingerprint density at radius 3 is 1.15 bits per heavy atom. The van der Waals surface area contributed by atoms with Crippen LogP contribution in [0.4, 0.5) is 0 Å². The molecule has 0 saturated carbocycles. The van der Waals surface area contributed by atoms with E-state index in [1.807, 2.05) is 6.07 Å². The molecule has 0 aliphatic heterocycles. The van der Waals surface area contributed by atoms with Crippen LogP contribution >= 0.6 is 0 Å². The van der Waals surface area contributed by atoms with E-state index in [1.165, 1.54) is 0 Å². The van der Waals surface area contributed by atoms with E-state index in [9.17, 15) is 0 Å². The molecular formula is C6H6Cl5OW-5. The summed E-state index contributed by atoms with van der Waals surface area (Å²) in [6, 6.07) is 8.71. The number of benzene rings is 1.